The lowest BCUT2D eigenvalue weighted by atomic mass is 10.0. The normalized spacial score (nSPS) is 17.5. The lowest BCUT2D eigenvalue weighted by Gasteiger charge is -2.36. The van der Waals surface area contributed by atoms with Gasteiger partial charge in [-0.15, -0.1) is 0 Å². The van der Waals surface area contributed by atoms with Crippen LogP contribution in [0.15, 0.2) is 57.4 Å². The first-order chi connectivity index (χ1) is 16.9. The Morgan fingerprint density at radius 3 is 2.57 bits per heavy atom. The van der Waals surface area contributed by atoms with Gasteiger partial charge in [0.2, 0.25) is 0 Å². The van der Waals surface area contributed by atoms with Crippen LogP contribution in [0.25, 0.3) is 11.1 Å². The van der Waals surface area contributed by atoms with Gasteiger partial charge in [0, 0.05) is 37.0 Å². The molecule has 0 bridgehead atoms. The van der Waals surface area contributed by atoms with E-state index in [9.17, 15) is 13.6 Å². The van der Waals surface area contributed by atoms with E-state index in [0.29, 0.717) is 29.0 Å². The summed E-state index contributed by atoms with van der Waals surface area (Å²) in [7, 11) is 4.24. The number of pyridine rings is 2. The zero-order valence-electron chi connectivity index (χ0n) is 19.6. The minimum atomic E-state index is -0.790. The van der Waals surface area contributed by atoms with E-state index in [1.165, 1.54) is 18.3 Å². The Balaban J connectivity index is 1.34. The monoisotopic (exact) mass is 476 g/mol. The highest BCUT2D eigenvalue weighted by atomic mass is 19.1. The van der Waals surface area contributed by atoms with Crippen LogP contribution in [0.5, 0.6) is 0 Å². The Bertz CT molecular complexity index is 1340. The smallest absolute Gasteiger partial charge is 0.256 e. The number of likely N-dealkylation sites (tertiary alicyclic amines) is 1. The van der Waals surface area contributed by atoms with Crippen molar-refractivity contribution in [3.8, 4) is 11.1 Å². The number of benzene rings is 1. The highest BCUT2D eigenvalue weighted by Crippen LogP contribution is 2.26. The maximum atomic E-state index is 14.2. The van der Waals surface area contributed by atoms with E-state index in [1.807, 2.05) is 18.3 Å². The number of piperidine rings is 1. The molecule has 4 heterocycles. The number of halogens is 2. The largest absolute Gasteiger partial charge is 0.370 e. The van der Waals surface area contributed by atoms with Gasteiger partial charge in [-0.25, -0.2) is 23.7 Å². The molecule has 2 aliphatic heterocycles. The first-order valence-corrected chi connectivity index (χ1v) is 11.6. The van der Waals surface area contributed by atoms with E-state index >= 15 is 0 Å². The second kappa shape index (κ2) is 9.50. The average molecular weight is 477 g/mol. The fourth-order valence-electron chi connectivity index (χ4n) is 4.58. The molecule has 0 atom stereocenters. The second-order valence-corrected chi connectivity index (χ2v) is 9.03. The summed E-state index contributed by atoms with van der Waals surface area (Å²) in [5, 5.41) is 0. The summed E-state index contributed by atoms with van der Waals surface area (Å²) >= 11 is 0. The molecule has 0 unspecified atom stereocenters. The van der Waals surface area contributed by atoms with Gasteiger partial charge in [-0.3, -0.25) is 4.79 Å². The molecule has 1 fully saturated rings. The SMILES string of the molecule is CN1CCC(N(C)c2ccc(N=C3Cc4[nH]c(=O)c(-c5c(F)cccc5F)cc4C=N3)nc2)CC1. The van der Waals surface area contributed by atoms with Crippen molar-refractivity contribution in [1.29, 1.82) is 0 Å². The molecule has 2 aliphatic rings. The van der Waals surface area contributed by atoms with Crippen molar-refractivity contribution in [3.63, 3.8) is 0 Å². The van der Waals surface area contributed by atoms with Crippen LogP contribution in [0.4, 0.5) is 20.3 Å². The number of nitrogens with zero attached hydrogens (tertiary/aromatic N) is 5. The van der Waals surface area contributed by atoms with Crippen LogP contribution in [-0.2, 0) is 6.42 Å². The lowest BCUT2D eigenvalue weighted by Crippen LogP contribution is -2.42. The van der Waals surface area contributed by atoms with Crippen molar-refractivity contribution < 1.29 is 8.78 Å². The van der Waals surface area contributed by atoms with Crippen LogP contribution in [0.1, 0.15) is 24.1 Å². The number of nitrogens with one attached hydrogen (secondary N) is 1. The predicted octanol–water partition coefficient (Wildman–Crippen LogP) is 3.95. The fraction of sp³-hybridized carbons (Fsp3) is 0.308. The van der Waals surface area contributed by atoms with E-state index in [2.05, 4.69) is 43.8 Å². The first-order valence-electron chi connectivity index (χ1n) is 11.6. The van der Waals surface area contributed by atoms with Gasteiger partial charge >= 0.3 is 0 Å². The van der Waals surface area contributed by atoms with Crippen LogP contribution < -0.4 is 10.5 Å². The van der Waals surface area contributed by atoms with E-state index in [1.54, 1.807) is 0 Å². The van der Waals surface area contributed by atoms with Gasteiger partial charge in [-0.1, -0.05) is 6.07 Å². The third-order valence-electron chi connectivity index (χ3n) is 6.70. The van der Waals surface area contributed by atoms with Crippen molar-refractivity contribution >= 4 is 23.6 Å². The summed E-state index contributed by atoms with van der Waals surface area (Å²) in [6, 6.07) is 9.32. The molecule has 1 N–H and O–H groups in total. The van der Waals surface area contributed by atoms with E-state index in [-0.39, 0.29) is 17.5 Å². The number of H-pyrrole nitrogens is 1. The zero-order chi connectivity index (χ0) is 24.5. The van der Waals surface area contributed by atoms with Gasteiger partial charge < -0.3 is 14.8 Å². The quantitative estimate of drug-likeness (QED) is 0.619. The number of amidine groups is 1. The summed E-state index contributed by atoms with van der Waals surface area (Å²) in [5.41, 5.74) is 1.23. The molecule has 1 aromatic carbocycles. The summed E-state index contributed by atoms with van der Waals surface area (Å²) in [6.07, 6.45) is 5.87. The predicted molar refractivity (Wildman–Crippen MR) is 134 cm³/mol. The average Bonchev–Trinajstić information content (AvgIpc) is 2.85. The standard InChI is InChI=1S/C26H26F2N6O/c1-33-10-8-17(9-11-33)34(2)18-6-7-23(30-15-18)32-24-13-22-16(14-29-24)12-19(26(35)31-22)25-20(27)4-3-5-21(25)28/h3-7,12,14-15,17H,8-11,13H2,1-2H3,(H,31,35). The van der Waals surface area contributed by atoms with Gasteiger partial charge in [0.15, 0.2) is 5.82 Å². The Labute approximate surface area is 201 Å². The molecular formula is C26H26F2N6O. The number of anilines is 1. The van der Waals surface area contributed by atoms with Gasteiger partial charge in [0.1, 0.15) is 17.5 Å². The highest BCUT2D eigenvalue weighted by Gasteiger charge is 2.22. The highest BCUT2D eigenvalue weighted by molar-refractivity contribution is 6.01. The van der Waals surface area contributed by atoms with Crippen LogP contribution in [0, 0.1) is 11.6 Å². The van der Waals surface area contributed by atoms with Gasteiger partial charge in [-0.2, -0.15) is 0 Å². The van der Waals surface area contributed by atoms with Crippen molar-refractivity contribution in [2.75, 3.05) is 32.1 Å². The summed E-state index contributed by atoms with van der Waals surface area (Å²) in [6.45, 7) is 2.18. The van der Waals surface area contributed by atoms with Crippen LogP contribution in [0.2, 0.25) is 0 Å². The van der Waals surface area contributed by atoms with Crippen LogP contribution in [-0.4, -0.2) is 60.1 Å². The molecule has 3 aromatic rings. The molecule has 0 amide bonds. The molecule has 9 heteroatoms. The Morgan fingerprint density at radius 1 is 1.14 bits per heavy atom. The number of aliphatic imine (C=N–C) groups is 2. The number of hydrogen-bond donors (Lipinski definition) is 1. The van der Waals surface area contributed by atoms with E-state index in [0.717, 1.165) is 43.8 Å². The van der Waals surface area contributed by atoms with Gasteiger partial charge in [0.25, 0.3) is 5.56 Å². The molecule has 0 radical (unpaired) electrons. The van der Waals surface area contributed by atoms with Crippen molar-refractivity contribution in [1.82, 2.24) is 14.9 Å². The van der Waals surface area contributed by atoms with Gasteiger partial charge in [-0.05, 0) is 63.3 Å². The first kappa shape index (κ1) is 23.0. The number of aromatic amines is 1. The van der Waals surface area contributed by atoms with Crippen molar-refractivity contribution in [2.24, 2.45) is 9.98 Å². The Kier molecular flexibility index (Phi) is 6.25. The number of rotatable bonds is 4. The van der Waals surface area contributed by atoms with Crippen LogP contribution >= 0.6 is 0 Å². The van der Waals surface area contributed by atoms with Gasteiger partial charge in [0.05, 0.1) is 23.0 Å². The molecule has 35 heavy (non-hydrogen) atoms. The molecular weight excluding hydrogens is 450 g/mol. The zero-order valence-corrected chi connectivity index (χ0v) is 19.6. The molecule has 1 saturated heterocycles. The number of fused-ring (bicyclic) bond motifs is 1. The minimum absolute atomic E-state index is 0.0721. The lowest BCUT2D eigenvalue weighted by molar-refractivity contribution is 0.253. The van der Waals surface area contributed by atoms with Crippen molar-refractivity contribution in [3.05, 3.63) is 75.8 Å². The molecule has 0 saturated carbocycles. The molecule has 180 valence electrons. The minimum Gasteiger partial charge on any atom is -0.370 e. The molecule has 7 nitrogen and oxygen atoms in total. The number of hydrogen-bond acceptors (Lipinski definition) is 5. The molecule has 5 rings (SSSR count). The third kappa shape index (κ3) is 4.77. The molecule has 2 aromatic heterocycles. The van der Waals surface area contributed by atoms with E-state index < -0.39 is 17.2 Å². The Morgan fingerprint density at radius 2 is 1.89 bits per heavy atom. The molecule has 0 aliphatic carbocycles. The van der Waals surface area contributed by atoms with Crippen molar-refractivity contribution in [2.45, 2.75) is 25.3 Å². The maximum absolute atomic E-state index is 14.2. The Hall–Kier alpha value is -3.72. The fourth-order valence-corrected chi connectivity index (χ4v) is 4.58. The second-order valence-electron chi connectivity index (χ2n) is 9.03. The topological polar surface area (TPSA) is 77.0 Å². The van der Waals surface area contributed by atoms with Crippen LogP contribution in [0.3, 0.4) is 0 Å². The molecule has 0 spiro atoms. The summed E-state index contributed by atoms with van der Waals surface area (Å²) < 4.78 is 28.4. The van der Waals surface area contributed by atoms with E-state index in [4.69, 9.17) is 0 Å². The number of aromatic nitrogens is 2. The maximum Gasteiger partial charge on any atom is 0.256 e. The third-order valence-corrected chi connectivity index (χ3v) is 6.70. The summed E-state index contributed by atoms with van der Waals surface area (Å²) in [5.74, 6) is -0.571. The summed E-state index contributed by atoms with van der Waals surface area (Å²) in [4.78, 5) is 33.3.